The minimum atomic E-state index is -0.508. The maximum Gasteiger partial charge on any atom is 0.324 e. The largest absolute Gasteiger partial charge is 0.454 e. The zero-order valence-corrected chi connectivity index (χ0v) is 16.6. The maximum atomic E-state index is 12.6. The highest BCUT2D eigenvalue weighted by Crippen LogP contribution is 2.34. The summed E-state index contributed by atoms with van der Waals surface area (Å²) in [5.74, 6) is 1.75. The van der Waals surface area contributed by atoms with Crippen molar-refractivity contribution >= 4 is 23.4 Å². The van der Waals surface area contributed by atoms with Gasteiger partial charge in [-0.2, -0.15) is 5.10 Å². The Balaban J connectivity index is 1.30. The number of ether oxygens (including phenoxy) is 2. The molecule has 0 spiro atoms. The summed E-state index contributed by atoms with van der Waals surface area (Å²) >= 11 is 0. The number of hydrogen-bond donors (Lipinski definition) is 4. The zero-order chi connectivity index (χ0) is 20.7. The molecule has 1 aromatic heterocycles. The monoisotopic (exact) mass is 412 g/mol. The predicted molar refractivity (Wildman–Crippen MR) is 108 cm³/mol. The van der Waals surface area contributed by atoms with Gasteiger partial charge in [0.15, 0.2) is 17.8 Å². The molecule has 0 bridgehead atoms. The van der Waals surface area contributed by atoms with Gasteiger partial charge in [0.25, 0.3) is 0 Å². The first-order valence-corrected chi connectivity index (χ1v) is 10.2. The van der Waals surface area contributed by atoms with E-state index < -0.39 is 12.3 Å². The summed E-state index contributed by atoms with van der Waals surface area (Å²) in [5.41, 5.74) is 1.31. The number of fused-ring (bicyclic) bond motifs is 2. The van der Waals surface area contributed by atoms with Crippen LogP contribution in [0.5, 0.6) is 11.5 Å². The van der Waals surface area contributed by atoms with Gasteiger partial charge in [0.2, 0.25) is 12.7 Å². The molecule has 30 heavy (non-hydrogen) atoms. The molecule has 1 saturated carbocycles. The van der Waals surface area contributed by atoms with Gasteiger partial charge in [-0.25, -0.2) is 9.48 Å². The van der Waals surface area contributed by atoms with E-state index in [9.17, 15) is 9.59 Å². The van der Waals surface area contributed by atoms with E-state index in [1.165, 1.54) is 0 Å². The van der Waals surface area contributed by atoms with E-state index in [2.05, 4.69) is 26.4 Å². The van der Waals surface area contributed by atoms with Crippen LogP contribution in [0.3, 0.4) is 0 Å². The number of amides is 3. The Hall–Kier alpha value is -3.27. The van der Waals surface area contributed by atoms with E-state index in [1.807, 2.05) is 6.92 Å². The molecule has 0 radical (unpaired) electrons. The van der Waals surface area contributed by atoms with Crippen molar-refractivity contribution in [3.05, 3.63) is 30.0 Å². The number of hydrogen-bond acceptors (Lipinski definition) is 6. The molecule has 2 fully saturated rings. The van der Waals surface area contributed by atoms with Gasteiger partial charge in [-0.15, -0.1) is 0 Å². The predicted octanol–water partition coefficient (Wildman–Crippen LogP) is 2.30. The van der Waals surface area contributed by atoms with Crippen molar-refractivity contribution in [1.29, 1.82) is 0 Å². The van der Waals surface area contributed by atoms with Crippen LogP contribution >= 0.6 is 0 Å². The highest BCUT2D eigenvalue weighted by Gasteiger charge is 2.38. The Morgan fingerprint density at radius 1 is 1.17 bits per heavy atom. The van der Waals surface area contributed by atoms with Crippen molar-refractivity contribution in [1.82, 2.24) is 20.4 Å². The van der Waals surface area contributed by atoms with Gasteiger partial charge >= 0.3 is 6.03 Å². The molecule has 10 heteroatoms. The van der Waals surface area contributed by atoms with Gasteiger partial charge in [-0.05, 0) is 31.9 Å². The molecule has 3 amide bonds. The van der Waals surface area contributed by atoms with Crippen LogP contribution in [0.15, 0.2) is 24.3 Å². The van der Waals surface area contributed by atoms with E-state index in [-0.39, 0.29) is 24.7 Å². The molecule has 1 aromatic carbocycles. The second kappa shape index (κ2) is 7.52. The third-order valence-electron chi connectivity index (χ3n) is 5.73. The first-order valence-electron chi connectivity index (χ1n) is 10.2. The Labute approximate surface area is 173 Å². The summed E-state index contributed by atoms with van der Waals surface area (Å²) in [5, 5.41) is 16.5. The quantitative estimate of drug-likeness (QED) is 0.614. The summed E-state index contributed by atoms with van der Waals surface area (Å²) in [6.45, 7) is 2.01. The Kier molecular flexibility index (Phi) is 4.70. The normalized spacial score (nSPS) is 24.7. The number of carbonyl (C=O) groups is 2. The van der Waals surface area contributed by atoms with Crippen LogP contribution in [-0.4, -0.2) is 34.6 Å². The van der Waals surface area contributed by atoms with E-state index in [4.69, 9.17) is 9.47 Å². The number of aryl methyl sites for hydroxylation is 1. The summed E-state index contributed by atoms with van der Waals surface area (Å²) in [6, 6.07) is 6.65. The Morgan fingerprint density at radius 2 is 2.00 bits per heavy atom. The molecule has 3 heterocycles. The van der Waals surface area contributed by atoms with Gasteiger partial charge in [0.1, 0.15) is 5.82 Å². The minimum absolute atomic E-state index is 0.00243. The average molecular weight is 412 g/mol. The number of nitrogens with one attached hydrogen (secondary N) is 4. The van der Waals surface area contributed by atoms with Gasteiger partial charge in [-0.3, -0.25) is 15.4 Å². The summed E-state index contributed by atoms with van der Waals surface area (Å²) in [4.78, 5) is 25.1. The number of anilines is 2. The second-order valence-electron chi connectivity index (χ2n) is 7.84. The molecule has 2 aliphatic heterocycles. The van der Waals surface area contributed by atoms with Crippen molar-refractivity contribution in [3.63, 3.8) is 0 Å². The topological polar surface area (TPSA) is 119 Å². The highest BCUT2D eigenvalue weighted by molar-refractivity contribution is 5.99. The second-order valence-corrected chi connectivity index (χ2v) is 7.84. The summed E-state index contributed by atoms with van der Waals surface area (Å²) < 4.78 is 12.2. The Bertz CT molecular complexity index is 990. The fourth-order valence-electron chi connectivity index (χ4n) is 4.32. The number of carbonyl (C=O) groups excluding carboxylic acids is 2. The molecule has 158 valence electrons. The summed E-state index contributed by atoms with van der Waals surface area (Å²) in [6.07, 6.45) is 3.54. The maximum absolute atomic E-state index is 12.6. The molecule has 3 atom stereocenters. The van der Waals surface area contributed by atoms with Crippen LogP contribution in [0, 0.1) is 12.8 Å². The average Bonchev–Trinajstić information content (AvgIpc) is 3.33. The van der Waals surface area contributed by atoms with Crippen molar-refractivity contribution in [3.8, 4) is 11.5 Å². The van der Waals surface area contributed by atoms with Crippen molar-refractivity contribution < 1.29 is 19.1 Å². The zero-order valence-electron chi connectivity index (χ0n) is 16.6. The Morgan fingerprint density at radius 3 is 2.90 bits per heavy atom. The molecule has 4 N–H and O–H groups in total. The lowest BCUT2D eigenvalue weighted by molar-refractivity contribution is -0.132. The van der Waals surface area contributed by atoms with Crippen LogP contribution in [0.2, 0.25) is 0 Å². The van der Waals surface area contributed by atoms with Gasteiger partial charge in [0.05, 0.1) is 11.6 Å². The molecule has 1 saturated heterocycles. The SMILES string of the molecule is Cc1cc(NC(=O)Nc2ccc3c(c2)OCO3)n(C2NC(=O)C3CCCCC3N2)n1. The highest BCUT2D eigenvalue weighted by atomic mass is 16.7. The molecular formula is C20H24N6O4. The fourth-order valence-corrected chi connectivity index (χ4v) is 4.32. The minimum Gasteiger partial charge on any atom is -0.454 e. The number of nitrogens with zero attached hydrogens (tertiary/aromatic N) is 2. The number of benzene rings is 1. The van der Waals surface area contributed by atoms with Crippen LogP contribution in [0.1, 0.15) is 37.7 Å². The molecule has 5 rings (SSSR count). The standard InChI is InChI=1S/C20H24N6O4/c1-11-8-17(23-20(28)21-12-6-7-15-16(9-12)30-10-29-15)26(25-11)19-22-14-5-3-2-4-13(14)18(27)24-19/h6-9,13-14,19,22H,2-5,10H2,1H3,(H,24,27)(H2,21,23,28). The first kappa shape index (κ1) is 18.7. The number of aromatic nitrogens is 2. The van der Waals surface area contributed by atoms with E-state index in [0.29, 0.717) is 23.0 Å². The molecule has 3 unspecified atom stereocenters. The number of rotatable bonds is 3. The van der Waals surface area contributed by atoms with Gasteiger partial charge < -0.3 is 20.1 Å². The van der Waals surface area contributed by atoms with Crippen molar-refractivity contribution in [2.75, 3.05) is 17.4 Å². The fraction of sp³-hybridized carbons (Fsp3) is 0.450. The van der Waals surface area contributed by atoms with Crippen molar-refractivity contribution in [2.24, 2.45) is 5.92 Å². The third kappa shape index (κ3) is 3.54. The van der Waals surface area contributed by atoms with E-state index >= 15 is 0 Å². The summed E-state index contributed by atoms with van der Waals surface area (Å²) in [7, 11) is 0. The number of urea groups is 1. The molecule has 1 aliphatic carbocycles. The lowest BCUT2D eigenvalue weighted by Crippen LogP contribution is -2.59. The van der Waals surface area contributed by atoms with Crippen LogP contribution in [-0.2, 0) is 4.79 Å². The van der Waals surface area contributed by atoms with E-state index in [0.717, 1.165) is 31.4 Å². The molecular weight excluding hydrogens is 388 g/mol. The van der Waals surface area contributed by atoms with Gasteiger partial charge in [0, 0.05) is 23.9 Å². The molecule has 2 aromatic rings. The van der Waals surface area contributed by atoms with Crippen LogP contribution in [0.25, 0.3) is 0 Å². The first-order chi connectivity index (χ1) is 14.6. The third-order valence-corrected chi connectivity index (χ3v) is 5.73. The van der Waals surface area contributed by atoms with Gasteiger partial charge in [-0.1, -0.05) is 12.8 Å². The lowest BCUT2D eigenvalue weighted by atomic mass is 9.83. The van der Waals surface area contributed by atoms with Crippen LogP contribution in [0.4, 0.5) is 16.3 Å². The van der Waals surface area contributed by atoms with E-state index in [1.54, 1.807) is 28.9 Å². The lowest BCUT2D eigenvalue weighted by Gasteiger charge is -2.40. The molecule has 3 aliphatic rings. The van der Waals surface area contributed by atoms with Crippen molar-refractivity contribution in [2.45, 2.75) is 44.9 Å². The smallest absolute Gasteiger partial charge is 0.324 e. The van der Waals surface area contributed by atoms with Crippen LogP contribution < -0.4 is 30.7 Å². The molecule has 10 nitrogen and oxygen atoms in total.